The standard InChI is InChI=1S/C12H19N3OS/c1-9-3-5-15(8-10(9)2)12(16)14-7-11-13-4-6-17-11/h4,6,9-10H,3,5,7-8H2,1-2H3,(H,14,16)/t9-,10?/m1/s1. The Balaban J connectivity index is 1.80. The van der Waals surface area contributed by atoms with Crippen LogP contribution in [0, 0.1) is 11.8 Å². The Morgan fingerprint density at radius 2 is 2.41 bits per heavy atom. The summed E-state index contributed by atoms with van der Waals surface area (Å²) < 4.78 is 0. The third-order valence-electron chi connectivity index (χ3n) is 3.50. The van der Waals surface area contributed by atoms with Gasteiger partial charge in [0.05, 0.1) is 6.54 Å². The van der Waals surface area contributed by atoms with Crippen molar-refractivity contribution < 1.29 is 4.79 Å². The van der Waals surface area contributed by atoms with Crippen LogP contribution >= 0.6 is 11.3 Å². The Bertz CT molecular complexity index is 366. The summed E-state index contributed by atoms with van der Waals surface area (Å²) in [6.45, 7) is 6.75. The molecule has 2 atom stereocenters. The molecule has 0 bridgehead atoms. The summed E-state index contributed by atoms with van der Waals surface area (Å²) in [4.78, 5) is 18.0. The van der Waals surface area contributed by atoms with E-state index in [2.05, 4.69) is 24.1 Å². The van der Waals surface area contributed by atoms with Crippen LogP contribution in [0.4, 0.5) is 4.79 Å². The van der Waals surface area contributed by atoms with Crippen LogP contribution in [0.15, 0.2) is 11.6 Å². The number of amides is 2. The molecule has 2 heterocycles. The molecule has 1 aromatic rings. The monoisotopic (exact) mass is 253 g/mol. The fraction of sp³-hybridized carbons (Fsp3) is 0.667. The van der Waals surface area contributed by atoms with Crippen molar-refractivity contribution in [1.29, 1.82) is 0 Å². The number of aromatic nitrogens is 1. The van der Waals surface area contributed by atoms with E-state index in [-0.39, 0.29) is 6.03 Å². The van der Waals surface area contributed by atoms with Gasteiger partial charge in [-0.05, 0) is 18.3 Å². The average molecular weight is 253 g/mol. The van der Waals surface area contributed by atoms with Gasteiger partial charge >= 0.3 is 6.03 Å². The molecule has 1 aromatic heterocycles. The van der Waals surface area contributed by atoms with Crippen LogP contribution in [0.1, 0.15) is 25.3 Å². The molecule has 94 valence electrons. The molecular weight excluding hydrogens is 234 g/mol. The van der Waals surface area contributed by atoms with E-state index in [0.29, 0.717) is 12.5 Å². The van der Waals surface area contributed by atoms with Gasteiger partial charge in [0.15, 0.2) is 0 Å². The minimum Gasteiger partial charge on any atom is -0.331 e. The van der Waals surface area contributed by atoms with Crippen molar-refractivity contribution in [2.45, 2.75) is 26.8 Å². The van der Waals surface area contributed by atoms with Crippen LogP contribution in [-0.4, -0.2) is 29.0 Å². The van der Waals surface area contributed by atoms with E-state index in [1.54, 1.807) is 17.5 Å². The smallest absolute Gasteiger partial charge is 0.317 e. The fourth-order valence-electron chi connectivity index (χ4n) is 2.05. The van der Waals surface area contributed by atoms with Gasteiger partial charge in [-0.3, -0.25) is 0 Å². The van der Waals surface area contributed by atoms with Crippen LogP contribution in [0.3, 0.4) is 0 Å². The minimum absolute atomic E-state index is 0.0407. The number of carbonyl (C=O) groups is 1. The number of thiazole rings is 1. The fourth-order valence-corrected chi connectivity index (χ4v) is 2.61. The van der Waals surface area contributed by atoms with Gasteiger partial charge in [0.1, 0.15) is 5.01 Å². The summed E-state index contributed by atoms with van der Waals surface area (Å²) in [5.74, 6) is 1.31. The number of nitrogens with one attached hydrogen (secondary N) is 1. The third kappa shape index (κ3) is 3.19. The van der Waals surface area contributed by atoms with Gasteiger partial charge in [-0.2, -0.15) is 0 Å². The van der Waals surface area contributed by atoms with Gasteiger partial charge in [-0.25, -0.2) is 9.78 Å². The number of hydrogen-bond acceptors (Lipinski definition) is 3. The van der Waals surface area contributed by atoms with E-state index >= 15 is 0 Å². The van der Waals surface area contributed by atoms with Crippen molar-refractivity contribution in [2.75, 3.05) is 13.1 Å². The topological polar surface area (TPSA) is 45.2 Å². The molecule has 2 amide bonds. The first kappa shape index (κ1) is 12.4. The van der Waals surface area contributed by atoms with Crippen molar-refractivity contribution >= 4 is 17.4 Å². The highest BCUT2D eigenvalue weighted by atomic mass is 32.1. The third-order valence-corrected chi connectivity index (χ3v) is 4.28. The van der Waals surface area contributed by atoms with E-state index < -0.39 is 0 Å². The molecule has 0 aliphatic carbocycles. The average Bonchev–Trinajstić information content (AvgIpc) is 2.82. The van der Waals surface area contributed by atoms with Gasteiger partial charge < -0.3 is 10.2 Å². The molecule has 17 heavy (non-hydrogen) atoms. The first-order chi connectivity index (χ1) is 8.16. The molecule has 2 rings (SSSR count). The Morgan fingerprint density at radius 3 is 3.06 bits per heavy atom. The van der Waals surface area contributed by atoms with E-state index in [9.17, 15) is 4.79 Å². The number of hydrogen-bond donors (Lipinski definition) is 1. The predicted molar refractivity (Wildman–Crippen MR) is 68.9 cm³/mol. The second-order valence-corrected chi connectivity index (χ2v) is 5.75. The van der Waals surface area contributed by atoms with Crippen molar-refractivity contribution in [2.24, 2.45) is 11.8 Å². The second kappa shape index (κ2) is 5.49. The van der Waals surface area contributed by atoms with Crippen molar-refractivity contribution in [3.63, 3.8) is 0 Å². The molecule has 0 aromatic carbocycles. The van der Waals surface area contributed by atoms with Gasteiger partial charge in [0.25, 0.3) is 0 Å². The summed E-state index contributed by atoms with van der Waals surface area (Å²) in [5.41, 5.74) is 0. The van der Waals surface area contributed by atoms with Gasteiger partial charge in [-0.15, -0.1) is 11.3 Å². The summed E-state index contributed by atoms with van der Waals surface area (Å²) in [7, 11) is 0. The largest absolute Gasteiger partial charge is 0.331 e. The molecule has 1 aliphatic rings. The van der Waals surface area contributed by atoms with Crippen LogP contribution in [-0.2, 0) is 6.54 Å². The summed E-state index contributed by atoms with van der Waals surface area (Å²) in [6.07, 6.45) is 2.86. The lowest BCUT2D eigenvalue weighted by Gasteiger charge is -2.35. The normalized spacial score (nSPS) is 24.7. The Hall–Kier alpha value is -1.10. The summed E-state index contributed by atoms with van der Waals surface area (Å²) in [5, 5.41) is 5.80. The zero-order chi connectivity index (χ0) is 12.3. The number of piperidine rings is 1. The lowest BCUT2D eigenvalue weighted by atomic mass is 9.89. The minimum atomic E-state index is 0.0407. The zero-order valence-electron chi connectivity index (χ0n) is 10.3. The molecule has 5 heteroatoms. The van der Waals surface area contributed by atoms with Crippen LogP contribution < -0.4 is 5.32 Å². The maximum absolute atomic E-state index is 11.9. The molecule has 0 spiro atoms. The number of nitrogens with zero attached hydrogens (tertiary/aromatic N) is 2. The van der Waals surface area contributed by atoms with Crippen molar-refractivity contribution in [3.05, 3.63) is 16.6 Å². The molecule has 1 aliphatic heterocycles. The maximum atomic E-state index is 11.9. The molecular formula is C12H19N3OS. The molecule has 1 fully saturated rings. The zero-order valence-corrected chi connectivity index (χ0v) is 11.2. The highest BCUT2D eigenvalue weighted by molar-refractivity contribution is 7.09. The highest BCUT2D eigenvalue weighted by Gasteiger charge is 2.25. The molecule has 1 N–H and O–H groups in total. The number of carbonyl (C=O) groups excluding carboxylic acids is 1. The molecule has 0 saturated carbocycles. The second-order valence-electron chi connectivity index (χ2n) is 4.77. The summed E-state index contributed by atoms with van der Waals surface area (Å²) >= 11 is 1.57. The van der Waals surface area contributed by atoms with Crippen molar-refractivity contribution in [1.82, 2.24) is 15.2 Å². The lowest BCUT2D eigenvalue weighted by Crippen LogP contribution is -2.46. The lowest BCUT2D eigenvalue weighted by molar-refractivity contribution is 0.144. The van der Waals surface area contributed by atoms with E-state index in [1.807, 2.05) is 10.3 Å². The van der Waals surface area contributed by atoms with Crippen LogP contribution in [0.5, 0.6) is 0 Å². The quantitative estimate of drug-likeness (QED) is 0.879. The van der Waals surface area contributed by atoms with Gasteiger partial charge in [-0.1, -0.05) is 13.8 Å². The molecule has 1 unspecified atom stereocenters. The number of urea groups is 1. The van der Waals surface area contributed by atoms with E-state index in [1.165, 1.54) is 0 Å². The Kier molecular flexibility index (Phi) is 3.99. The maximum Gasteiger partial charge on any atom is 0.317 e. The van der Waals surface area contributed by atoms with E-state index in [4.69, 9.17) is 0 Å². The number of likely N-dealkylation sites (tertiary alicyclic amines) is 1. The first-order valence-electron chi connectivity index (χ1n) is 6.08. The van der Waals surface area contributed by atoms with Crippen LogP contribution in [0.25, 0.3) is 0 Å². The Morgan fingerprint density at radius 1 is 1.59 bits per heavy atom. The first-order valence-corrected chi connectivity index (χ1v) is 6.96. The molecule has 1 saturated heterocycles. The SMILES string of the molecule is CC1CN(C(=O)NCc2nccs2)CC[C@H]1C. The van der Waals surface area contributed by atoms with E-state index in [0.717, 1.165) is 30.4 Å². The van der Waals surface area contributed by atoms with Gasteiger partial charge in [0.2, 0.25) is 0 Å². The summed E-state index contributed by atoms with van der Waals surface area (Å²) in [6, 6.07) is 0.0407. The molecule has 0 radical (unpaired) electrons. The van der Waals surface area contributed by atoms with Crippen LogP contribution in [0.2, 0.25) is 0 Å². The van der Waals surface area contributed by atoms with Crippen molar-refractivity contribution in [3.8, 4) is 0 Å². The van der Waals surface area contributed by atoms with Gasteiger partial charge in [0, 0.05) is 24.7 Å². The molecule has 4 nitrogen and oxygen atoms in total. The Labute approximate surface area is 106 Å². The number of rotatable bonds is 2. The predicted octanol–water partition coefficient (Wildman–Crippen LogP) is 2.33. The highest BCUT2D eigenvalue weighted by Crippen LogP contribution is 2.22.